The molecule has 4 rings (SSSR count). The number of hydrogen-bond donors (Lipinski definition) is 0. The maximum atomic E-state index is 3.91. The molecule has 2 aromatic carbocycles. The van der Waals surface area contributed by atoms with Crippen molar-refractivity contribution in [2.75, 3.05) is 0 Å². The summed E-state index contributed by atoms with van der Waals surface area (Å²) in [5.74, 6) is 0. The fourth-order valence-corrected chi connectivity index (χ4v) is 13.7. The third-order valence-corrected chi connectivity index (χ3v) is 15.1. The average Bonchev–Trinajstić information content (AvgIpc) is 3.26. The maximum Gasteiger partial charge on any atom is 2.00 e. The number of benzene rings is 2. The molecular formula is C30H50CoP2Si+2. The molecule has 0 amide bonds. The van der Waals surface area contributed by atoms with E-state index < -0.39 is 23.9 Å². The molecule has 4 unspecified atom stereocenters. The van der Waals surface area contributed by atoms with E-state index in [1.54, 1.807) is 29.2 Å². The first-order valence-corrected chi connectivity index (χ1v) is 19.9. The second-order valence-electron chi connectivity index (χ2n) is 12.8. The summed E-state index contributed by atoms with van der Waals surface area (Å²) in [6, 6.07) is 18.8. The third kappa shape index (κ3) is 8.01. The van der Waals surface area contributed by atoms with Crippen LogP contribution >= 0.6 is 15.8 Å². The molecule has 2 heterocycles. The van der Waals surface area contributed by atoms with E-state index in [1.165, 1.54) is 12.3 Å². The zero-order valence-corrected chi connectivity index (χ0v) is 27.5. The van der Waals surface area contributed by atoms with Crippen molar-refractivity contribution in [3.63, 3.8) is 0 Å². The number of fused-ring (bicyclic) bond motifs is 2. The summed E-state index contributed by atoms with van der Waals surface area (Å²) in [7, 11) is -1.89. The molecular weight excluding hydrogens is 509 g/mol. The van der Waals surface area contributed by atoms with Gasteiger partial charge < -0.3 is 13.5 Å². The summed E-state index contributed by atoms with van der Waals surface area (Å²) >= 11 is 0. The number of rotatable bonds is 1. The molecule has 0 spiro atoms. The fraction of sp³-hybridized carbons (Fsp3) is 0.533. The van der Waals surface area contributed by atoms with Crippen molar-refractivity contribution in [3.8, 4) is 0 Å². The zero-order valence-electron chi connectivity index (χ0n) is 23.4. The molecule has 0 aliphatic carbocycles. The Kier molecular flexibility index (Phi) is 11.8. The quantitative estimate of drug-likeness (QED) is 0.185. The van der Waals surface area contributed by atoms with E-state index in [4.69, 9.17) is 0 Å². The summed E-state index contributed by atoms with van der Waals surface area (Å²) in [4.78, 5) is 0. The van der Waals surface area contributed by atoms with Crippen molar-refractivity contribution in [1.82, 2.24) is 0 Å². The molecule has 4 heteroatoms. The summed E-state index contributed by atoms with van der Waals surface area (Å²) in [6.07, 6.45) is 2.71. The van der Waals surface area contributed by atoms with Crippen LogP contribution in [0.4, 0.5) is 0 Å². The van der Waals surface area contributed by atoms with Gasteiger partial charge in [0.05, 0.1) is 22.6 Å². The summed E-state index contributed by atoms with van der Waals surface area (Å²) in [5.41, 5.74) is 8.28. The van der Waals surface area contributed by atoms with Crippen LogP contribution in [0.3, 0.4) is 0 Å². The largest absolute Gasteiger partial charge is 2.00 e. The van der Waals surface area contributed by atoms with Gasteiger partial charge in [-0.15, -0.1) is 8.07 Å². The Morgan fingerprint density at radius 3 is 1.21 bits per heavy atom. The minimum absolute atomic E-state index is 0. The Bertz CT molecular complexity index is 829. The number of hydrogen-bond acceptors (Lipinski definition) is 0. The fourth-order valence-electron chi connectivity index (χ4n) is 5.23. The zero-order chi connectivity index (χ0) is 25.2. The van der Waals surface area contributed by atoms with E-state index in [9.17, 15) is 0 Å². The van der Waals surface area contributed by atoms with Gasteiger partial charge in [0.15, 0.2) is 0 Å². The normalized spacial score (nSPS) is 23.4. The standard InChI is InChI=1S/C24H32P2.C4H11Si.C2H5.Co/c1-23(2,3)25-15-17-11-7-9-13-19(17)21(25)22-20-14-10-8-12-18(20)16-26(22)24(4,5)6;1-5(2,3)4;1-2;/h7-14,21-22H,15-16H2,1-6H3;1H2,2-4H3;1H2,2H3;/q;2*-1;+2/p+2. The van der Waals surface area contributed by atoms with Crippen molar-refractivity contribution in [2.45, 2.75) is 102 Å². The van der Waals surface area contributed by atoms with E-state index in [1.807, 2.05) is 0 Å². The minimum Gasteiger partial charge on any atom is -0.346 e. The van der Waals surface area contributed by atoms with Crippen LogP contribution in [0.5, 0.6) is 0 Å². The van der Waals surface area contributed by atoms with Gasteiger partial charge in [-0.05, 0) is 52.7 Å². The molecule has 0 bridgehead atoms. The van der Waals surface area contributed by atoms with Gasteiger partial charge in [0, 0.05) is 27.0 Å². The first-order chi connectivity index (χ1) is 15.2. The Hall–Kier alpha value is 0.0234. The molecule has 0 nitrogen and oxygen atoms in total. The van der Waals surface area contributed by atoms with Gasteiger partial charge in [0.2, 0.25) is 0 Å². The van der Waals surface area contributed by atoms with Crippen LogP contribution in [0.25, 0.3) is 0 Å². The predicted octanol–water partition coefficient (Wildman–Crippen LogP) is 10.1. The van der Waals surface area contributed by atoms with E-state index in [0.29, 0.717) is 10.3 Å². The molecule has 1 radical (unpaired) electrons. The molecule has 191 valence electrons. The van der Waals surface area contributed by atoms with Crippen molar-refractivity contribution in [2.24, 2.45) is 0 Å². The first kappa shape index (κ1) is 32.1. The Labute approximate surface area is 226 Å². The van der Waals surface area contributed by atoms with Crippen LogP contribution in [-0.4, -0.2) is 18.4 Å². The van der Waals surface area contributed by atoms with E-state index in [-0.39, 0.29) is 16.8 Å². The summed E-state index contributed by atoms with van der Waals surface area (Å²) < 4.78 is 0. The average molecular weight is 560 g/mol. The second kappa shape index (κ2) is 12.5. The molecule has 4 atom stereocenters. The van der Waals surface area contributed by atoms with Crippen molar-refractivity contribution in [1.29, 1.82) is 0 Å². The summed E-state index contributed by atoms with van der Waals surface area (Å²) in [5, 5.41) is 0.882. The molecule has 0 N–H and O–H groups in total. The second-order valence-corrected chi connectivity index (χ2v) is 25.0. The molecule has 0 fully saturated rings. The van der Waals surface area contributed by atoms with Crippen molar-refractivity contribution >= 4 is 23.9 Å². The van der Waals surface area contributed by atoms with Gasteiger partial charge in [0.1, 0.15) is 11.3 Å². The predicted molar refractivity (Wildman–Crippen MR) is 162 cm³/mol. The Balaban J connectivity index is 0.000000645. The molecule has 2 aliphatic rings. The molecule has 0 aromatic heterocycles. The van der Waals surface area contributed by atoms with E-state index in [2.05, 4.69) is 123 Å². The van der Waals surface area contributed by atoms with Crippen molar-refractivity contribution < 1.29 is 16.8 Å². The van der Waals surface area contributed by atoms with Gasteiger partial charge in [0.25, 0.3) is 0 Å². The molecule has 2 aliphatic heterocycles. The molecule has 2 aromatic rings. The van der Waals surface area contributed by atoms with Gasteiger partial charge in [-0.2, -0.15) is 6.92 Å². The molecule has 34 heavy (non-hydrogen) atoms. The minimum atomic E-state index is -0.861. The van der Waals surface area contributed by atoms with Crippen LogP contribution in [0, 0.1) is 13.5 Å². The monoisotopic (exact) mass is 559 g/mol. The van der Waals surface area contributed by atoms with Crippen LogP contribution in [0.1, 0.15) is 82.0 Å². The topological polar surface area (TPSA) is 0 Å². The van der Waals surface area contributed by atoms with Gasteiger partial charge >= 0.3 is 16.8 Å². The van der Waals surface area contributed by atoms with Crippen LogP contribution < -0.4 is 0 Å². The molecule has 0 saturated carbocycles. The van der Waals surface area contributed by atoms with E-state index in [0.717, 1.165) is 11.3 Å². The summed E-state index contributed by atoms with van der Waals surface area (Å²) in [6.45, 7) is 30.6. The van der Waals surface area contributed by atoms with E-state index >= 15 is 0 Å². The maximum absolute atomic E-state index is 3.91. The van der Waals surface area contributed by atoms with Crippen molar-refractivity contribution in [3.05, 3.63) is 84.3 Å². The van der Waals surface area contributed by atoms with Gasteiger partial charge in [-0.25, -0.2) is 0 Å². The smallest absolute Gasteiger partial charge is 0.346 e. The third-order valence-electron chi connectivity index (χ3n) is 6.55. The van der Waals surface area contributed by atoms with Gasteiger partial charge in [-0.1, -0.05) is 68.2 Å². The van der Waals surface area contributed by atoms with Crippen LogP contribution in [0.2, 0.25) is 19.6 Å². The van der Waals surface area contributed by atoms with Crippen LogP contribution in [0.15, 0.2) is 48.5 Å². The SMILES string of the molecule is CC(C)(C)[PH+]1Cc2ccccc2C1C1c2ccccc2C[PH+]1C(C)(C)C.[CH2-]C.[CH2-][Si](C)(C)C.[Co+2]. The first-order valence-electron chi connectivity index (χ1n) is 12.6. The van der Waals surface area contributed by atoms with Crippen LogP contribution in [-0.2, 0) is 29.1 Å². The van der Waals surface area contributed by atoms with Gasteiger partial charge in [-0.3, -0.25) is 0 Å². The Morgan fingerprint density at radius 2 is 0.941 bits per heavy atom. The Morgan fingerprint density at radius 1 is 0.676 bits per heavy atom. The molecule has 0 saturated heterocycles.